The number of hydrogen-bond acceptors (Lipinski definition) is 6. The summed E-state index contributed by atoms with van der Waals surface area (Å²) in [5.74, 6) is -0.413. The molecule has 0 saturated carbocycles. The minimum atomic E-state index is -0.189. The molecule has 2 aliphatic rings. The van der Waals surface area contributed by atoms with Crippen LogP contribution in [0.15, 0.2) is 42.5 Å². The Kier molecular flexibility index (Phi) is 5.38. The zero-order chi connectivity index (χ0) is 22.2. The summed E-state index contributed by atoms with van der Waals surface area (Å²) in [7, 11) is 0. The first-order chi connectivity index (χ1) is 15.5. The Morgan fingerprint density at radius 3 is 2.31 bits per heavy atom. The molecule has 0 N–H and O–H groups in total. The van der Waals surface area contributed by atoms with Crippen molar-refractivity contribution >= 4 is 50.1 Å². The summed E-state index contributed by atoms with van der Waals surface area (Å²) in [4.78, 5) is 46.9. The third-order valence-corrected chi connectivity index (χ3v) is 7.19. The summed E-state index contributed by atoms with van der Waals surface area (Å²) >= 11 is 1.70. The van der Waals surface area contributed by atoms with Gasteiger partial charge in [0.05, 0.1) is 15.9 Å². The molecule has 5 rings (SSSR count). The lowest BCUT2D eigenvalue weighted by Gasteiger charge is -2.34. The maximum Gasteiger partial charge on any atom is 0.253 e. The van der Waals surface area contributed by atoms with Crippen LogP contribution in [0.25, 0.3) is 10.2 Å². The van der Waals surface area contributed by atoms with Crippen LogP contribution in [0, 0.1) is 0 Å². The number of aromatic nitrogens is 1. The molecule has 2 aromatic carbocycles. The molecular weight excluding hydrogens is 424 g/mol. The quantitative estimate of drug-likeness (QED) is 0.572. The number of hydrogen-bond donors (Lipinski definition) is 0. The second kappa shape index (κ2) is 8.35. The predicted molar refractivity (Wildman–Crippen MR) is 125 cm³/mol. The van der Waals surface area contributed by atoms with Crippen molar-refractivity contribution in [1.82, 2.24) is 9.88 Å². The molecule has 0 aliphatic carbocycles. The van der Waals surface area contributed by atoms with Crippen LogP contribution in [0.3, 0.4) is 0 Å². The number of anilines is 2. The Morgan fingerprint density at radius 1 is 0.969 bits per heavy atom. The van der Waals surface area contributed by atoms with Gasteiger partial charge in [-0.1, -0.05) is 24.3 Å². The summed E-state index contributed by atoms with van der Waals surface area (Å²) in [6.07, 6.45) is 1.51. The first-order valence-corrected chi connectivity index (χ1v) is 11.7. The van der Waals surface area contributed by atoms with Crippen LogP contribution in [0.2, 0.25) is 0 Å². The van der Waals surface area contributed by atoms with E-state index in [0.717, 1.165) is 30.2 Å². The molecule has 0 unspecified atom stereocenters. The molecule has 7 nitrogen and oxygen atoms in total. The van der Waals surface area contributed by atoms with Gasteiger partial charge in [-0.25, -0.2) is 4.98 Å². The van der Waals surface area contributed by atoms with Crippen molar-refractivity contribution in [2.75, 3.05) is 36.0 Å². The summed E-state index contributed by atoms with van der Waals surface area (Å²) in [6, 6.07) is 13.2. The fraction of sp³-hybridized carbons (Fsp3) is 0.333. The number of nitrogens with zero attached hydrogens (tertiary/aromatic N) is 4. The van der Waals surface area contributed by atoms with Gasteiger partial charge < -0.3 is 9.80 Å². The SMILES string of the molecule is CCc1ccc2nc(N3CCN(C(=O)c4ccc(N5C(=O)CCC5=O)cc4)CC3)sc2c1. The number of carbonyl (C=O) groups is 3. The van der Waals surface area contributed by atoms with E-state index in [2.05, 4.69) is 30.0 Å². The average Bonchev–Trinajstić information content (AvgIpc) is 3.41. The zero-order valence-corrected chi connectivity index (χ0v) is 18.7. The lowest BCUT2D eigenvalue weighted by atomic mass is 10.1. The average molecular weight is 449 g/mol. The number of thiazole rings is 1. The van der Waals surface area contributed by atoms with Gasteiger partial charge in [0.25, 0.3) is 5.91 Å². The van der Waals surface area contributed by atoms with Gasteiger partial charge >= 0.3 is 0 Å². The topological polar surface area (TPSA) is 73.8 Å². The third kappa shape index (κ3) is 3.75. The van der Waals surface area contributed by atoms with Gasteiger partial charge in [-0.15, -0.1) is 0 Å². The van der Waals surface area contributed by atoms with Crippen molar-refractivity contribution in [1.29, 1.82) is 0 Å². The van der Waals surface area contributed by atoms with Crippen LogP contribution in [0.5, 0.6) is 0 Å². The molecule has 2 aliphatic heterocycles. The predicted octanol–water partition coefficient (Wildman–Crippen LogP) is 3.47. The Hall–Kier alpha value is -3.26. The van der Waals surface area contributed by atoms with Gasteiger partial charge in [0, 0.05) is 44.6 Å². The number of benzene rings is 2. The molecule has 32 heavy (non-hydrogen) atoms. The monoisotopic (exact) mass is 448 g/mol. The molecular formula is C24H24N4O3S. The molecule has 0 radical (unpaired) electrons. The molecule has 3 aromatic rings. The number of aryl methyl sites for hydroxylation is 1. The highest BCUT2D eigenvalue weighted by atomic mass is 32.1. The first kappa shape index (κ1) is 20.6. The second-order valence-corrected chi connectivity index (χ2v) is 9.11. The largest absolute Gasteiger partial charge is 0.345 e. The van der Waals surface area contributed by atoms with E-state index in [1.165, 1.54) is 15.2 Å². The van der Waals surface area contributed by atoms with Crippen LogP contribution in [0.4, 0.5) is 10.8 Å². The number of rotatable bonds is 4. The lowest BCUT2D eigenvalue weighted by molar-refractivity contribution is -0.121. The molecule has 3 amide bonds. The number of carbonyl (C=O) groups excluding carboxylic acids is 3. The summed E-state index contributed by atoms with van der Waals surface area (Å²) in [5, 5.41) is 1.00. The van der Waals surface area contributed by atoms with Crippen molar-refractivity contribution < 1.29 is 14.4 Å². The molecule has 2 saturated heterocycles. The van der Waals surface area contributed by atoms with E-state index in [0.29, 0.717) is 24.3 Å². The molecule has 2 fully saturated rings. The van der Waals surface area contributed by atoms with Crippen LogP contribution in [0.1, 0.15) is 35.7 Å². The van der Waals surface area contributed by atoms with Gasteiger partial charge in [0.1, 0.15) is 0 Å². The third-order valence-electron chi connectivity index (χ3n) is 6.11. The van der Waals surface area contributed by atoms with E-state index in [1.807, 2.05) is 4.90 Å². The molecule has 0 spiro atoms. The Bertz CT molecular complexity index is 1180. The van der Waals surface area contributed by atoms with Gasteiger partial charge in [-0.3, -0.25) is 19.3 Å². The molecule has 8 heteroatoms. The number of amides is 3. The Morgan fingerprint density at radius 2 is 1.66 bits per heavy atom. The standard InChI is InChI=1S/C24H24N4O3S/c1-2-16-3-8-19-20(15-16)32-24(25-19)27-13-11-26(12-14-27)23(31)17-4-6-18(7-5-17)28-21(29)9-10-22(28)30/h3-8,15H,2,9-14H2,1H3. The molecule has 164 valence electrons. The maximum atomic E-state index is 13.0. The summed E-state index contributed by atoms with van der Waals surface area (Å²) in [6.45, 7) is 4.88. The van der Waals surface area contributed by atoms with Crippen molar-refractivity contribution in [2.24, 2.45) is 0 Å². The van der Waals surface area contributed by atoms with Gasteiger partial charge in [0.2, 0.25) is 11.8 Å². The highest BCUT2D eigenvalue weighted by Crippen LogP contribution is 2.30. The van der Waals surface area contributed by atoms with E-state index in [9.17, 15) is 14.4 Å². The maximum absolute atomic E-state index is 13.0. The molecule has 0 atom stereocenters. The van der Waals surface area contributed by atoms with Crippen molar-refractivity contribution in [3.8, 4) is 0 Å². The van der Waals surface area contributed by atoms with E-state index in [4.69, 9.17) is 4.98 Å². The van der Waals surface area contributed by atoms with Crippen LogP contribution < -0.4 is 9.80 Å². The second-order valence-electron chi connectivity index (χ2n) is 8.10. The summed E-state index contributed by atoms with van der Waals surface area (Å²) < 4.78 is 1.20. The fourth-order valence-electron chi connectivity index (χ4n) is 4.21. The minimum Gasteiger partial charge on any atom is -0.345 e. The number of fused-ring (bicyclic) bond motifs is 1. The highest BCUT2D eigenvalue weighted by Gasteiger charge is 2.30. The van der Waals surface area contributed by atoms with E-state index in [1.54, 1.807) is 35.6 Å². The smallest absolute Gasteiger partial charge is 0.253 e. The van der Waals surface area contributed by atoms with Crippen LogP contribution >= 0.6 is 11.3 Å². The van der Waals surface area contributed by atoms with Crippen molar-refractivity contribution in [3.05, 3.63) is 53.6 Å². The van der Waals surface area contributed by atoms with Gasteiger partial charge in [0.15, 0.2) is 5.13 Å². The van der Waals surface area contributed by atoms with Gasteiger partial charge in [-0.05, 0) is 48.4 Å². The Labute approximate surface area is 190 Å². The Balaban J connectivity index is 1.24. The summed E-state index contributed by atoms with van der Waals surface area (Å²) in [5.41, 5.74) is 3.43. The van der Waals surface area contributed by atoms with Crippen molar-refractivity contribution in [3.63, 3.8) is 0 Å². The molecule has 0 bridgehead atoms. The number of imide groups is 1. The number of piperazine rings is 1. The molecule has 1 aromatic heterocycles. The fourth-order valence-corrected chi connectivity index (χ4v) is 5.29. The zero-order valence-electron chi connectivity index (χ0n) is 17.9. The van der Waals surface area contributed by atoms with Crippen LogP contribution in [-0.2, 0) is 16.0 Å². The normalized spacial score (nSPS) is 17.0. The van der Waals surface area contributed by atoms with E-state index < -0.39 is 0 Å². The van der Waals surface area contributed by atoms with E-state index in [-0.39, 0.29) is 30.6 Å². The van der Waals surface area contributed by atoms with Gasteiger partial charge in [-0.2, -0.15) is 0 Å². The lowest BCUT2D eigenvalue weighted by Crippen LogP contribution is -2.48. The molecule has 3 heterocycles. The van der Waals surface area contributed by atoms with Crippen molar-refractivity contribution in [2.45, 2.75) is 26.2 Å². The highest BCUT2D eigenvalue weighted by molar-refractivity contribution is 7.22. The minimum absolute atomic E-state index is 0.0350. The van der Waals surface area contributed by atoms with Crippen LogP contribution in [-0.4, -0.2) is 53.8 Å². The van der Waals surface area contributed by atoms with E-state index >= 15 is 0 Å². The first-order valence-electron chi connectivity index (χ1n) is 10.9.